The molecule has 0 bridgehead atoms. The first kappa shape index (κ1) is 13.9. The van der Waals surface area contributed by atoms with Gasteiger partial charge in [-0.15, -0.1) is 0 Å². The van der Waals surface area contributed by atoms with E-state index in [1.54, 1.807) is 0 Å². The lowest BCUT2D eigenvalue weighted by Crippen LogP contribution is -2.57. The van der Waals surface area contributed by atoms with Crippen LogP contribution in [0.3, 0.4) is 0 Å². The molecule has 0 heterocycles. The van der Waals surface area contributed by atoms with Crippen LogP contribution in [0.5, 0.6) is 0 Å². The van der Waals surface area contributed by atoms with Gasteiger partial charge in [-0.2, -0.15) is 0 Å². The van der Waals surface area contributed by atoms with Gasteiger partial charge in [0, 0.05) is 12.1 Å². The first-order chi connectivity index (χ1) is 9.32. The van der Waals surface area contributed by atoms with Crippen LogP contribution in [0.25, 0.3) is 0 Å². The maximum absolute atomic E-state index is 4.08. The molecular formula is C18H33N. The quantitative estimate of drug-likeness (QED) is 0.748. The Labute approximate surface area is 119 Å². The van der Waals surface area contributed by atoms with Gasteiger partial charge >= 0.3 is 0 Å². The molecule has 3 aliphatic carbocycles. The second-order valence-corrected chi connectivity index (χ2v) is 7.69. The molecule has 110 valence electrons. The van der Waals surface area contributed by atoms with Gasteiger partial charge in [-0.25, -0.2) is 0 Å². The van der Waals surface area contributed by atoms with Crippen molar-refractivity contribution in [3.63, 3.8) is 0 Å². The lowest BCUT2D eigenvalue weighted by Gasteiger charge is -2.54. The Morgan fingerprint density at radius 3 is 2.21 bits per heavy atom. The Kier molecular flexibility index (Phi) is 4.51. The predicted octanol–water partition coefficient (Wildman–Crippen LogP) is 5.05. The van der Waals surface area contributed by atoms with Crippen molar-refractivity contribution >= 4 is 0 Å². The summed E-state index contributed by atoms with van der Waals surface area (Å²) < 4.78 is 0. The van der Waals surface area contributed by atoms with Crippen molar-refractivity contribution in [2.45, 2.75) is 102 Å². The summed E-state index contributed by atoms with van der Waals surface area (Å²) in [5.74, 6) is 1.05. The first-order valence-electron chi connectivity index (χ1n) is 9.08. The third-order valence-electron chi connectivity index (χ3n) is 6.50. The standard InChI is InChI=1S/C18H33N/c1-2-6-15-7-9-16(10-8-15)19-17-11-14-18(17)12-4-3-5-13-18/h15-17,19H,2-14H2,1H3. The number of rotatable bonds is 4. The maximum Gasteiger partial charge on any atom is 0.0126 e. The summed E-state index contributed by atoms with van der Waals surface area (Å²) in [6.45, 7) is 2.34. The normalized spacial score (nSPS) is 38.1. The minimum absolute atomic E-state index is 0.749. The van der Waals surface area contributed by atoms with Gasteiger partial charge in [0.1, 0.15) is 0 Å². The third-order valence-corrected chi connectivity index (χ3v) is 6.50. The van der Waals surface area contributed by atoms with Crippen LogP contribution < -0.4 is 5.32 Å². The SMILES string of the molecule is CCCC1CCC(NC2CCC23CCCCC3)CC1. The van der Waals surface area contributed by atoms with Gasteiger partial charge in [-0.3, -0.25) is 0 Å². The van der Waals surface area contributed by atoms with Crippen molar-refractivity contribution < 1.29 is 0 Å². The highest BCUT2D eigenvalue weighted by Gasteiger charge is 2.47. The van der Waals surface area contributed by atoms with E-state index in [1.165, 1.54) is 83.5 Å². The van der Waals surface area contributed by atoms with Crippen molar-refractivity contribution in [2.75, 3.05) is 0 Å². The van der Waals surface area contributed by atoms with Crippen LogP contribution in [0.15, 0.2) is 0 Å². The van der Waals surface area contributed by atoms with E-state index < -0.39 is 0 Å². The van der Waals surface area contributed by atoms with Crippen molar-refractivity contribution in [3.05, 3.63) is 0 Å². The zero-order valence-corrected chi connectivity index (χ0v) is 12.9. The molecule has 1 nitrogen and oxygen atoms in total. The molecule has 1 unspecified atom stereocenters. The van der Waals surface area contributed by atoms with Gasteiger partial charge in [0.25, 0.3) is 0 Å². The molecule has 0 aliphatic heterocycles. The van der Waals surface area contributed by atoms with Crippen molar-refractivity contribution in [1.29, 1.82) is 0 Å². The van der Waals surface area contributed by atoms with Gasteiger partial charge in [-0.1, -0.05) is 39.0 Å². The summed E-state index contributed by atoms with van der Waals surface area (Å²) in [5, 5.41) is 4.08. The highest BCUT2D eigenvalue weighted by atomic mass is 15.0. The second kappa shape index (κ2) is 6.16. The van der Waals surface area contributed by atoms with Crippen molar-refractivity contribution in [2.24, 2.45) is 11.3 Å². The molecule has 1 N–H and O–H groups in total. The third kappa shape index (κ3) is 3.01. The highest BCUT2D eigenvalue weighted by molar-refractivity contribution is 5.02. The zero-order chi connectivity index (χ0) is 13.1. The molecule has 3 aliphatic rings. The molecule has 1 spiro atoms. The van der Waals surface area contributed by atoms with E-state index in [1.807, 2.05) is 0 Å². The van der Waals surface area contributed by atoms with Crippen LogP contribution in [-0.2, 0) is 0 Å². The number of nitrogens with one attached hydrogen (secondary N) is 1. The van der Waals surface area contributed by atoms with Gasteiger partial charge in [0.2, 0.25) is 0 Å². The molecule has 3 fully saturated rings. The molecule has 0 aromatic heterocycles. The fraction of sp³-hybridized carbons (Fsp3) is 1.00. The Hall–Kier alpha value is -0.0400. The minimum Gasteiger partial charge on any atom is -0.311 e. The van der Waals surface area contributed by atoms with E-state index in [4.69, 9.17) is 0 Å². The van der Waals surface area contributed by atoms with E-state index in [2.05, 4.69) is 12.2 Å². The molecule has 0 amide bonds. The van der Waals surface area contributed by atoms with Crippen LogP contribution in [0.4, 0.5) is 0 Å². The van der Waals surface area contributed by atoms with Crippen LogP contribution in [0.2, 0.25) is 0 Å². The minimum atomic E-state index is 0.749. The topological polar surface area (TPSA) is 12.0 Å². The molecule has 3 rings (SSSR count). The summed E-state index contributed by atoms with van der Waals surface area (Å²) in [6.07, 6.45) is 19.3. The van der Waals surface area contributed by atoms with Crippen LogP contribution in [0.1, 0.15) is 90.4 Å². The Bertz CT molecular complexity index is 271. The number of hydrogen-bond acceptors (Lipinski definition) is 1. The lowest BCUT2D eigenvalue weighted by atomic mass is 9.57. The average Bonchev–Trinajstić information content (AvgIpc) is 2.46. The fourth-order valence-electron chi connectivity index (χ4n) is 5.12. The van der Waals surface area contributed by atoms with Crippen LogP contribution in [0, 0.1) is 11.3 Å². The molecule has 3 saturated carbocycles. The Balaban J connectivity index is 1.45. The lowest BCUT2D eigenvalue weighted by molar-refractivity contribution is 0.0123. The smallest absolute Gasteiger partial charge is 0.0126 e. The molecule has 0 radical (unpaired) electrons. The van der Waals surface area contributed by atoms with E-state index in [0.717, 1.165) is 23.4 Å². The van der Waals surface area contributed by atoms with E-state index in [9.17, 15) is 0 Å². The molecule has 0 saturated heterocycles. The van der Waals surface area contributed by atoms with E-state index in [-0.39, 0.29) is 0 Å². The first-order valence-corrected chi connectivity index (χ1v) is 9.08. The van der Waals surface area contributed by atoms with E-state index in [0.29, 0.717) is 0 Å². The molecule has 1 heteroatoms. The van der Waals surface area contributed by atoms with Gasteiger partial charge in [0.05, 0.1) is 0 Å². The molecule has 19 heavy (non-hydrogen) atoms. The predicted molar refractivity (Wildman–Crippen MR) is 82.3 cm³/mol. The largest absolute Gasteiger partial charge is 0.311 e. The van der Waals surface area contributed by atoms with Gasteiger partial charge in [0.15, 0.2) is 0 Å². The summed E-state index contributed by atoms with van der Waals surface area (Å²) in [7, 11) is 0. The molecular weight excluding hydrogens is 230 g/mol. The molecule has 1 atom stereocenters. The highest BCUT2D eigenvalue weighted by Crippen LogP contribution is 2.52. The van der Waals surface area contributed by atoms with Crippen molar-refractivity contribution in [3.8, 4) is 0 Å². The van der Waals surface area contributed by atoms with Crippen LogP contribution in [-0.4, -0.2) is 12.1 Å². The molecule has 0 aromatic rings. The van der Waals surface area contributed by atoms with Crippen molar-refractivity contribution in [1.82, 2.24) is 5.32 Å². The molecule has 0 aromatic carbocycles. The monoisotopic (exact) mass is 263 g/mol. The zero-order valence-electron chi connectivity index (χ0n) is 12.9. The fourth-order valence-corrected chi connectivity index (χ4v) is 5.12. The van der Waals surface area contributed by atoms with Crippen LogP contribution >= 0.6 is 0 Å². The average molecular weight is 263 g/mol. The second-order valence-electron chi connectivity index (χ2n) is 7.69. The maximum atomic E-state index is 4.08. The van der Waals surface area contributed by atoms with Gasteiger partial charge < -0.3 is 5.32 Å². The van der Waals surface area contributed by atoms with E-state index >= 15 is 0 Å². The summed E-state index contributed by atoms with van der Waals surface area (Å²) in [6, 6.07) is 1.75. The van der Waals surface area contributed by atoms with Gasteiger partial charge in [-0.05, 0) is 62.7 Å². The summed E-state index contributed by atoms with van der Waals surface area (Å²) in [4.78, 5) is 0. The number of hydrogen-bond donors (Lipinski definition) is 1. The Morgan fingerprint density at radius 2 is 1.63 bits per heavy atom. The summed E-state index contributed by atoms with van der Waals surface area (Å²) in [5.41, 5.74) is 0.749. The summed E-state index contributed by atoms with van der Waals surface area (Å²) >= 11 is 0. The Morgan fingerprint density at radius 1 is 0.895 bits per heavy atom.